The van der Waals surface area contributed by atoms with E-state index in [0.717, 1.165) is 23.9 Å². The van der Waals surface area contributed by atoms with Crippen molar-refractivity contribution < 1.29 is 0 Å². The molecule has 2 aromatic heterocycles. The minimum absolute atomic E-state index is 0.0191. The van der Waals surface area contributed by atoms with Crippen molar-refractivity contribution in [1.29, 1.82) is 0 Å². The minimum atomic E-state index is 0.0191. The number of nitrogens with one attached hydrogen (secondary N) is 1. The molecule has 1 aliphatic heterocycles. The number of thiocarbonyl (C=S) groups is 1. The molecule has 4 rings (SSSR count). The second-order valence-corrected chi connectivity index (χ2v) is 8.51. The van der Waals surface area contributed by atoms with Crippen molar-refractivity contribution in [3.8, 4) is 5.69 Å². The molecule has 30 heavy (non-hydrogen) atoms. The molecule has 5 nitrogen and oxygen atoms in total. The maximum atomic E-state index is 5.78. The highest BCUT2D eigenvalue weighted by Crippen LogP contribution is 2.41. The summed E-state index contributed by atoms with van der Waals surface area (Å²) in [6.45, 7) is 6.17. The molecule has 1 aromatic carbocycles. The normalized spacial score (nSPS) is 18.8. The van der Waals surface area contributed by atoms with Crippen molar-refractivity contribution in [3.63, 3.8) is 0 Å². The van der Waals surface area contributed by atoms with Gasteiger partial charge in [0.05, 0.1) is 17.8 Å². The Labute approximate surface area is 184 Å². The summed E-state index contributed by atoms with van der Waals surface area (Å²) in [5.41, 5.74) is 5.95. The fraction of sp³-hybridized carbons (Fsp3) is 0.333. The zero-order valence-electron chi connectivity index (χ0n) is 18.0. The molecular formula is C24H29N5S. The van der Waals surface area contributed by atoms with Crippen molar-refractivity contribution in [2.75, 3.05) is 27.2 Å². The lowest BCUT2D eigenvalue weighted by molar-refractivity contribution is 0.277. The van der Waals surface area contributed by atoms with Crippen LogP contribution in [-0.2, 0) is 0 Å². The number of para-hydroxylation sites is 1. The highest BCUT2D eigenvalue weighted by Gasteiger charge is 2.41. The molecule has 0 amide bonds. The summed E-state index contributed by atoms with van der Waals surface area (Å²) >= 11 is 5.78. The first kappa shape index (κ1) is 20.6. The van der Waals surface area contributed by atoms with Gasteiger partial charge in [0, 0.05) is 36.4 Å². The topological polar surface area (TPSA) is 36.3 Å². The van der Waals surface area contributed by atoms with E-state index >= 15 is 0 Å². The zero-order chi connectivity index (χ0) is 21.3. The first-order valence-corrected chi connectivity index (χ1v) is 10.7. The van der Waals surface area contributed by atoms with Crippen molar-refractivity contribution in [2.45, 2.75) is 25.9 Å². The summed E-state index contributed by atoms with van der Waals surface area (Å²) in [4.78, 5) is 9.17. The average molecular weight is 420 g/mol. The molecule has 2 atom stereocenters. The SMILES string of the molecule is Cc1cc([C@@H]2[C@H](c3ccccn3)NC(=S)N2CCN(C)C)c(C)n1-c1ccccc1. The summed E-state index contributed by atoms with van der Waals surface area (Å²) in [5, 5.41) is 4.35. The van der Waals surface area contributed by atoms with E-state index in [0.29, 0.717) is 0 Å². The van der Waals surface area contributed by atoms with Crippen molar-refractivity contribution in [2.24, 2.45) is 0 Å². The van der Waals surface area contributed by atoms with Crippen LogP contribution < -0.4 is 5.32 Å². The molecule has 0 bridgehead atoms. The van der Waals surface area contributed by atoms with Gasteiger partial charge in [-0.25, -0.2) is 0 Å². The summed E-state index contributed by atoms with van der Waals surface area (Å²) < 4.78 is 2.33. The number of likely N-dealkylation sites (N-methyl/N-ethyl adjacent to an activating group) is 1. The summed E-state index contributed by atoms with van der Waals surface area (Å²) in [6, 6.07) is 19.0. The predicted octanol–water partition coefficient (Wildman–Crippen LogP) is 4.02. The largest absolute Gasteiger partial charge is 0.352 e. The van der Waals surface area contributed by atoms with E-state index in [2.05, 4.69) is 95.1 Å². The van der Waals surface area contributed by atoms with Crippen molar-refractivity contribution >= 4 is 17.3 Å². The van der Waals surface area contributed by atoms with Crippen LogP contribution in [0.5, 0.6) is 0 Å². The van der Waals surface area contributed by atoms with Crippen LogP contribution in [0.1, 0.15) is 34.7 Å². The van der Waals surface area contributed by atoms with Gasteiger partial charge in [0.25, 0.3) is 0 Å². The molecule has 6 heteroatoms. The zero-order valence-corrected chi connectivity index (χ0v) is 18.9. The molecule has 1 aliphatic rings. The predicted molar refractivity (Wildman–Crippen MR) is 126 cm³/mol. The molecular weight excluding hydrogens is 390 g/mol. The Morgan fingerprint density at radius 2 is 1.80 bits per heavy atom. The van der Waals surface area contributed by atoms with Crippen LogP contribution in [0, 0.1) is 13.8 Å². The third-order valence-corrected chi connectivity index (χ3v) is 6.14. The molecule has 0 unspecified atom stereocenters. The third kappa shape index (κ3) is 3.85. The van der Waals surface area contributed by atoms with Crippen LogP contribution in [0.25, 0.3) is 5.69 Å². The van der Waals surface area contributed by atoms with Crippen LogP contribution in [0.2, 0.25) is 0 Å². The lowest BCUT2D eigenvalue weighted by Gasteiger charge is -2.29. The third-order valence-electron chi connectivity index (χ3n) is 5.79. The van der Waals surface area contributed by atoms with Crippen LogP contribution in [0.3, 0.4) is 0 Å². The molecule has 3 heterocycles. The van der Waals surface area contributed by atoms with Gasteiger partial charge in [-0.05, 0) is 76.1 Å². The molecule has 0 saturated carbocycles. The lowest BCUT2D eigenvalue weighted by Crippen LogP contribution is -2.35. The fourth-order valence-electron chi connectivity index (χ4n) is 4.35. The van der Waals surface area contributed by atoms with Gasteiger partial charge in [0.15, 0.2) is 5.11 Å². The number of benzene rings is 1. The highest BCUT2D eigenvalue weighted by atomic mass is 32.1. The smallest absolute Gasteiger partial charge is 0.170 e. The van der Waals surface area contributed by atoms with Gasteiger partial charge >= 0.3 is 0 Å². The monoisotopic (exact) mass is 419 g/mol. The molecule has 0 aliphatic carbocycles. The van der Waals surface area contributed by atoms with Gasteiger partial charge in [0.2, 0.25) is 0 Å². The van der Waals surface area contributed by atoms with Crippen LogP contribution in [-0.4, -0.2) is 51.6 Å². The molecule has 1 saturated heterocycles. The number of aromatic nitrogens is 2. The van der Waals surface area contributed by atoms with E-state index in [1.54, 1.807) is 0 Å². The number of nitrogens with zero attached hydrogens (tertiary/aromatic N) is 4. The van der Waals surface area contributed by atoms with Crippen LogP contribution in [0.15, 0.2) is 60.8 Å². The van der Waals surface area contributed by atoms with Gasteiger partial charge in [-0.2, -0.15) is 0 Å². The van der Waals surface area contributed by atoms with Crippen LogP contribution in [0.4, 0.5) is 0 Å². The van der Waals surface area contributed by atoms with Gasteiger partial charge in [-0.3, -0.25) is 4.98 Å². The van der Waals surface area contributed by atoms with Gasteiger partial charge < -0.3 is 19.7 Å². The number of aryl methyl sites for hydroxylation is 1. The Morgan fingerprint density at radius 3 is 2.47 bits per heavy atom. The van der Waals surface area contributed by atoms with Gasteiger partial charge in [0.1, 0.15) is 0 Å². The highest BCUT2D eigenvalue weighted by molar-refractivity contribution is 7.80. The first-order valence-electron chi connectivity index (χ1n) is 10.3. The molecule has 3 aromatic rings. The van der Waals surface area contributed by atoms with Gasteiger partial charge in [-0.15, -0.1) is 0 Å². The Bertz CT molecular complexity index is 1010. The molecule has 156 valence electrons. The van der Waals surface area contributed by atoms with E-state index in [-0.39, 0.29) is 12.1 Å². The van der Waals surface area contributed by atoms with Crippen molar-refractivity contribution in [3.05, 3.63) is 83.4 Å². The van der Waals surface area contributed by atoms with E-state index in [1.807, 2.05) is 18.3 Å². The summed E-state index contributed by atoms with van der Waals surface area (Å²) in [7, 11) is 4.19. The second kappa shape index (κ2) is 8.58. The number of hydrogen-bond acceptors (Lipinski definition) is 3. The molecule has 1 N–H and O–H groups in total. The number of pyridine rings is 1. The first-order chi connectivity index (χ1) is 14.5. The maximum absolute atomic E-state index is 5.78. The molecule has 1 fully saturated rings. The molecule has 0 spiro atoms. The van der Waals surface area contributed by atoms with Crippen LogP contribution >= 0.6 is 12.2 Å². The standard InChI is InChI=1S/C24H29N5S/c1-17-16-20(18(2)29(17)19-10-6-5-7-11-19)23-22(21-12-8-9-13-25-21)26-24(30)28(23)15-14-27(3)4/h5-13,16,22-23H,14-15H2,1-4H3,(H,26,30)/t22-,23+/m0/s1. The minimum Gasteiger partial charge on any atom is -0.352 e. The average Bonchev–Trinajstić information content (AvgIpc) is 3.22. The Balaban J connectivity index is 1.80. The Hall–Kier alpha value is -2.70. The van der Waals surface area contributed by atoms with Crippen molar-refractivity contribution in [1.82, 2.24) is 24.7 Å². The summed E-state index contributed by atoms with van der Waals surface area (Å²) in [6.07, 6.45) is 1.85. The van der Waals surface area contributed by atoms with E-state index in [9.17, 15) is 0 Å². The molecule has 0 radical (unpaired) electrons. The van der Waals surface area contributed by atoms with E-state index in [4.69, 9.17) is 12.2 Å². The van der Waals surface area contributed by atoms with E-state index in [1.165, 1.54) is 22.6 Å². The second-order valence-electron chi connectivity index (χ2n) is 8.12. The quantitative estimate of drug-likeness (QED) is 0.611. The van der Waals surface area contributed by atoms with E-state index < -0.39 is 0 Å². The Kier molecular flexibility index (Phi) is 5.88. The number of hydrogen-bond donors (Lipinski definition) is 1. The Morgan fingerprint density at radius 1 is 1.07 bits per heavy atom. The fourth-order valence-corrected chi connectivity index (χ4v) is 4.69. The maximum Gasteiger partial charge on any atom is 0.170 e. The number of rotatable bonds is 6. The van der Waals surface area contributed by atoms with Gasteiger partial charge in [-0.1, -0.05) is 24.3 Å². The lowest BCUT2D eigenvalue weighted by atomic mass is 9.97. The summed E-state index contributed by atoms with van der Waals surface area (Å²) in [5.74, 6) is 0.